The smallest absolute Gasteiger partial charge is 0.222 e. The molecule has 1 amide bonds. The van der Waals surface area contributed by atoms with E-state index in [0.29, 0.717) is 56.0 Å². The Balaban J connectivity index is 1.71. The number of anilines is 1. The van der Waals surface area contributed by atoms with E-state index in [2.05, 4.69) is 18.7 Å². The second-order valence-electron chi connectivity index (χ2n) is 8.54. The largest absolute Gasteiger partial charge is 0.377 e. The minimum atomic E-state index is 0.220. The number of aryl methyl sites for hydroxylation is 1. The number of piperazine rings is 1. The van der Waals surface area contributed by atoms with Gasteiger partial charge in [-0.3, -0.25) is 4.79 Å². The van der Waals surface area contributed by atoms with E-state index in [1.54, 1.807) is 7.11 Å². The molecule has 0 aliphatic carbocycles. The Morgan fingerprint density at radius 3 is 2.59 bits per heavy atom. The number of fused-ring (bicyclic) bond motifs is 1. The Labute approximate surface area is 193 Å². The summed E-state index contributed by atoms with van der Waals surface area (Å²) in [6, 6.07) is 7.55. The fourth-order valence-electron chi connectivity index (χ4n) is 4.06. The average Bonchev–Trinajstić information content (AvgIpc) is 3.09. The summed E-state index contributed by atoms with van der Waals surface area (Å²) in [5, 5.41) is 6.30. The maximum Gasteiger partial charge on any atom is 0.222 e. The number of halogens is 1. The van der Waals surface area contributed by atoms with Crippen LogP contribution in [-0.2, 0) is 16.1 Å². The van der Waals surface area contributed by atoms with E-state index in [-0.39, 0.29) is 5.91 Å². The van der Waals surface area contributed by atoms with Gasteiger partial charge in [0, 0.05) is 44.7 Å². The molecule has 0 saturated carbocycles. The summed E-state index contributed by atoms with van der Waals surface area (Å²) in [6.07, 6.45) is 0.585. The maximum atomic E-state index is 12.5. The maximum absolute atomic E-state index is 12.5. The number of hydrogen-bond donors (Lipinski definition) is 0. The molecule has 3 heterocycles. The predicted molar refractivity (Wildman–Crippen MR) is 125 cm³/mol. The quantitative estimate of drug-likeness (QED) is 0.564. The van der Waals surface area contributed by atoms with Crippen molar-refractivity contribution < 1.29 is 9.53 Å². The highest BCUT2D eigenvalue weighted by Crippen LogP contribution is 2.30. The van der Waals surface area contributed by atoms with Crippen LogP contribution < -0.4 is 4.90 Å². The Bertz CT molecular complexity index is 1120. The van der Waals surface area contributed by atoms with Gasteiger partial charge in [0.25, 0.3) is 0 Å². The lowest BCUT2D eigenvalue weighted by Crippen LogP contribution is -2.49. The van der Waals surface area contributed by atoms with Crippen molar-refractivity contribution in [2.24, 2.45) is 5.92 Å². The molecule has 0 radical (unpaired) electrons. The molecular weight excluding hydrogens is 428 g/mol. The van der Waals surface area contributed by atoms with Crippen LogP contribution in [-0.4, -0.2) is 63.8 Å². The van der Waals surface area contributed by atoms with Crippen molar-refractivity contribution in [3.05, 3.63) is 40.8 Å². The van der Waals surface area contributed by atoms with Crippen LogP contribution in [0.15, 0.2) is 24.3 Å². The number of benzene rings is 1. The minimum absolute atomic E-state index is 0.220. The summed E-state index contributed by atoms with van der Waals surface area (Å²) in [5.74, 6) is 2.01. The fourth-order valence-corrected chi connectivity index (χ4v) is 4.25. The topological polar surface area (TPSA) is 76.4 Å². The third-order valence-corrected chi connectivity index (χ3v) is 5.81. The molecule has 0 N–H and O–H groups in total. The molecule has 1 saturated heterocycles. The van der Waals surface area contributed by atoms with Gasteiger partial charge in [0.1, 0.15) is 12.4 Å². The van der Waals surface area contributed by atoms with E-state index in [4.69, 9.17) is 31.4 Å². The number of aromatic nitrogens is 4. The lowest BCUT2D eigenvalue weighted by molar-refractivity contribution is -0.132. The van der Waals surface area contributed by atoms with Crippen LogP contribution in [0.3, 0.4) is 0 Å². The van der Waals surface area contributed by atoms with Gasteiger partial charge in [0.2, 0.25) is 5.91 Å². The van der Waals surface area contributed by atoms with Crippen molar-refractivity contribution >= 4 is 34.4 Å². The molecular formula is C23H29ClN6O2. The van der Waals surface area contributed by atoms with E-state index >= 15 is 0 Å². The van der Waals surface area contributed by atoms with Gasteiger partial charge in [0.15, 0.2) is 11.5 Å². The average molecular weight is 457 g/mol. The van der Waals surface area contributed by atoms with Crippen LogP contribution in [0.1, 0.15) is 31.8 Å². The highest BCUT2D eigenvalue weighted by molar-refractivity contribution is 6.30. The van der Waals surface area contributed by atoms with Crippen molar-refractivity contribution in [2.45, 2.75) is 33.8 Å². The molecule has 170 valence electrons. The highest BCUT2D eigenvalue weighted by Gasteiger charge is 2.26. The number of carbonyl (C=O) groups is 1. The number of ether oxygens (including phenoxy) is 1. The molecule has 3 aromatic rings. The zero-order valence-electron chi connectivity index (χ0n) is 19.0. The zero-order valence-corrected chi connectivity index (χ0v) is 19.8. The van der Waals surface area contributed by atoms with Gasteiger partial charge in [0.05, 0.1) is 16.8 Å². The van der Waals surface area contributed by atoms with Crippen molar-refractivity contribution in [3.8, 4) is 5.69 Å². The molecule has 1 aromatic carbocycles. The predicted octanol–water partition coefficient (Wildman–Crippen LogP) is 3.62. The monoisotopic (exact) mass is 456 g/mol. The van der Waals surface area contributed by atoms with Crippen LogP contribution in [0.5, 0.6) is 0 Å². The molecule has 0 spiro atoms. The van der Waals surface area contributed by atoms with E-state index in [1.807, 2.05) is 40.8 Å². The standard InChI is InChI=1S/C23H29ClN6O2/c1-15(2)12-20(31)28-8-10-29(11-9-28)22-21-16(3)27-30(18-7-5-6-17(24)13-18)23(21)26-19(25-22)14-32-4/h5-7,13,15H,8-12,14H2,1-4H3. The Morgan fingerprint density at radius 1 is 1.19 bits per heavy atom. The van der Waals surface area contributed by atoms with Crippen LogP contribution >= 0.6 is 11.6 Å². The lowest BCUT2D eigenvalue weighted by atomic mass is 10.1. The fraction of sp³-hybridized carbons (Fsp3) is 0.478. The first-order valence-electron chi connectivity index (χ1n) is 10.9. The zero-order chi connectivity index (χ0) is 22.8. The van der Waals surface area contributed by atoms with E-state index in [9.17, 15) is 4.79 Å². The molecule has 1 aliphatic heterocycles. The molecule has 0 unspecified atom stereocenters. The van der Waals surface area contributed by atoms with Gasteiger partial charge in [-0.2, -0.15) is 5.10 Å². The van der Waals surface area contributed by atoms with Gasteiger partial charge in [-0.15, -0.1) is 0 Å². The van der Waals surface area contributed by atoms with Crippen LogP contribution in [0.2, 0.25) is 5.02 Å². The number of rotatable bonds is 6. The Morgan fingerprint density at radius 2 is 1.94 bits per heavy atom. The highest BCUT2D eigenvalue weighted by atomic mass is 35.5. The minimum Gasteiger partial charge on any atom is -0.377 e. The second kappa shape index (κ2) is 9.42. The molecule has 32 heavy (non-hydrogen) atoms. The number of carbonyl (C=O) groups excluding carboxylic acids is 1. The van der Waals surface area contributed by atoms with Crippen LogP contribution in [0.4, 0.5) is 5.82 Å². The Hall–Kier alpha value is -2.71. The van der Waals surface area contributed by atoms with Gasteiger partial charge < -0.3 is 14.5 Å². The van der Waals surface area contributed by atoms with Crippen molar-refractivity contribution in [2.75, 3.05) is 38.2 Å². The summed E-state index contributed by atoms with van der Waals surface area (Å²) in [5.41, 5.74) is 2.41. The van der Waals surface area contributed by atoms with Gasteiger partial charge in [-0.1, -0.05) is 31.5 Å². The molecule has 9 heteroatoms. The molecule has 8 nitrogen and oxygen atoms in total. The summed E-state index contributed by atoms with van der Waals surface area (Å²) in [6.45, 7) is 9.20. The van der Waals surface area contributed by atoms with E-state index in [0.717, 1.165) is 28.2 Å². The summed E-state index contributed by atoms with van der Waals surface area (Å²) in [4.78, 5) is 26.2. The number of nitrogens with zero attached hydrogens (tertiary/aromatic N) is 6. The van der Waals surface area contributed by atoms with Crippen LogP contribution in [0.25, 0.3) is 16.7 Å². The number of methoxy groups -OCH3 is 1. The van der Waals surface area contributed by atoms with Crippen molar-refractivity contribution in [1.29, 1.82) is 0 Å². The number of hydrogen-bond acceptors (Lipinski definition) is 6. The molecule has 1 fully saturated rings. The molecule has 0 atom stereocenters. The van der Waals surface area contributed by atoms with Crippen LogP contribution in [0, 0.1) is 12.8 Å². The van der Waals surface area contributed by atoms with E-state index < -0.39 is 0 Å². The van der Waals surface area contributed by atoms with E-state index in [1.165, 1.54) is 0 Å². The molecule has 1 aliphatic rings. The van der Waals surface area contributed by atoms with Crippen molar-refractivity contribution in [1.82, 2.24) is 24.6 Å². The van der Waals surface area contributed by atoms with Crippen molar-refractivity contribution in [3.63, 3.8) is 0 Å². The lowest BCUT2D eigenvalue weighted by Gasteiger charge is -2.36. The Kier molecular flexibility index (Phi) is 6.62. The summed E-state index contributed by atoms with van der Waals surface area (Å²) in [7, 11) is 1.63. The first-order valence-corrected chi connectivity index (χ1v) is 11.3. The normalized spacial score (nSPS) is 14.6. The third-order valence-electron chi connectivity index (χ3n) is 5.57. The van der Waals surface area contributed by atoms with Gasteiger partial charge in [-0.05, 0) is 31.0 Å². The first kappa shape index (κ1) is 22.5. The number of amides is 1. The molecule has 0 bridgehead atoms. The van der Waals surface area contributed by atoms with Gasteiger partial charge in [-0.25, -0.2) is 14.6 Å². The first-order chi connectivity index (χ1) is 15.4. The molecule has 4 rings (SSSR count). The third kappa shape index (κ3) is 4.56. The van der Waals surface area contributed by atoms with Gasteiger partial charge >= 0.3 is 0 Å². The SMILES string of the molecule is COCc1nc(N2CCN(C(=O)CC(C)C)CC2)c2c(C)nn(-c3cccc(Cl)c3)c2n1. The summed E-state index contributed by atoms with van der Waals surface area (Å²) >= 11 is 6.22. The molecule has 2 aromatic heterocycles. The second-order valence-corrected chi connectivity index (χ2v) is 8.97. The summed E-state index contributed by atoms with van der Waals surface area (Å²) < 4.78 is 7.14.